The van der Waals surface area contributed by atoms with Crippen LogP contribution < -0.4 is 5.32 Å². The average molecular weight is 382 g/mol. The van der Waals surface area contributed by atoms with Crippen LogP contribution in [0.2, 0.25) is 0 Å². The molecule has 0 saturated heterocycles. The molecule has 0 heterocycles. The lowest BCUT2D eigenvalue weighted by Gasteiger charge is -2.43. The topological polar surface area (TPSA) is 49.3 Å². The lowest BCUT2D eigenvalue weighted by Crippen LogP contribution is -2.56. The first-order valence-electron chi connectivity index (χ1n) is 8.58. The van der Waals surface area contributed by atoms with Gasteiger partial charge in [0.15, 0.2) is 0 Å². The molecule has 23 heavy (non-hydrogen) atoms. The Morgan fingerprint density at radius 2 is 2.17 bits per heavy atom. The van der Waals surface area contributed by atoms with E-state index in [0.717, 1.165) is 23.7 Å². The highest BCUT2D eigenvalue weighted by atomic mass is 79.9. The monoisotopic (exact) mass is 381 g/mol. The fourth-order valence-electron chi connectivity index (χ4n) is 3.80. The van der Waals surface area contributed by atoms with E-state index in [1.807, 2.05) is 18.2 Å². The van der Waals surface area contributed by atoms with E-state index >= 15 is 0 Å². The molecule has 128 valence electrons. The number of carbonyl (C=O) groups excluding carboxylic acids is 1. The predicted molar refractivity (Wildman–Crippen MR) is 97.1 cm³/mol. The number of aliphatic hydroxyl groups is 1. The first-order valence-corrected chi connectivity index (χ1v) is 9.37. The summed E-state index contributed by atoms with van der Waals surface area (Å²) in [6.07, 6.45) is 3.35. The Morgan fingerprint density at radius 3 is 2.83 bits per heavy atom. The van der Waals surface area contributed by atoms with Gasteiger partial charge in [0.1, 0.15) is 5.60 Å². The highest BCUT2D eigenvalue weighted by Crippen LogP contribution is 2.41. The molecule has 1 aromatic carbocycles. The van der Waals surface area contributed by atoms with Crippen molar-refractivity contribution in [1.82, 2.24) is 5.32 Å². The van der Waals surface area contributed by atoms with Crippen LogP contribution in [0.25, 0.3) is 0 Å². The lowest BCUT2D eigenvalue weighted by atomic mass is 9.66. The summed E-state index contributed by atoms with van der Waals surface area (Å²) in [6.45, 7) is 6.87. The van der Waals surface area contributed by atoms with Crippen molar-refractivity contribution < 1.29 is 9.90 Å². The molecule has 0 aliphatic heterocycles. The van der Waals surface area contributed by atoms with Crippen LogP contribution in [0.4, 0.5) is 0 Å². The molecule has 1 amide bonds. The fourth-order valence-corrected chi connectivity index (χ4v) is 4.25. The van der Waals surface area contributed by atoms with Crippen molar-refractivity contribution in [3.63, 3.8) is 0 Å². The maximum atomic E-state index is 12.7. The number of hydrogen-bond donors (Lipinski definition) is 2. The molecule has 1 aliphatic rings. The molecule has 0 aromatic heterocycles. The van der Waals surface area contributed by atoms with Gasteiger partial charge in [0.2, 0.25) is 0 Å². The van der Waals surface area contributed by atoms with Gasteiger partial charge in [0, 0.05) is 11.0 Å². The van der Waals surface area contributed by atoms with Crippen molar-refractivity contribution >= 4 is 21.8 Å². The van der Waals surface area contributed by atoms with E-state index in [-0.39, 0.29) is 11.8 Å². The van der Waals surface area contributed by atoms with Crippen molar-refractivity contribution in [3.8, 4) is 0 Å². The second kappa shape index (κ2) is 7.80. The second-order valence-corrected chi connectivity index (χ2v) is 8.21. The molecule has 1 saturated carbocycles. The Balaban J connectivity index is 1.97. The molecule has 1 fully saturated rings. The van der Waals surface area contributed by atoms with Gasteiger partial charge in [0.25, 0.3) is 5.91 Å². The number of halogens is 1. The Hall–Kier alpha value is -0.870. The zero-order valence-electron chi connectivity index (χ0n) is 14.3. The normalized spacial score (nSPS) is 27.9. The molecule has 0 bridgehead atoms. The highest BCUT2D eigenvalue weighted by molar-refractivity contribution is 9.10. The molecule has 2 rings (SSSR count). The van der Waals surface area contributed by atoms with E-state index < -0.39 is 5.60 Å². The SMILES string of the molecule is CC1CCC(C(C)C)C(O)(C(=O)NCCc2cccc(Br)c2)C1. The van der Waals surface area contributed by atoms with Crippen LogP contribution >= 0.6 is 15.9 Å². The van der Waals surface area contributed by atoms with Crippen LogP contribution in [0.1, 0.15) is 45.6 Å². The second-order valence-electron chi connectivity index (χ2n) is 7.30. The number of amides is 1. The van der Waals surface area contributed by atoms with E-state index in [2.05, 4.69) is 48.1 Å². The number of carbonyl (C=O) groups is 1. The standard InChI is InChI=1S/C19H28BrNO2/c1-13(2)17-8-7-14(3)12-19(17,23)18(22)21-10-9-15-5-4-6-16(20)11-15/h4-6,11,13-14,17,23H,7-10,12H2,1-3H3,(H,21,22). The third-order valence-electron chi connectivity index (χ3n) is 5.03. The quantitative estimate of drug-likeness (QED) is 0.811. The molecule has 4 heteroatoms. The van der Waals surface area contributed by atoms with Crippen LogP contribution in [0.3, 0.4) is 0 Å². The van der Waals surface area contributed by atoms with Gasteiger partial charge in [-0.3, -0.25) is 4.79 Å². The third kappa shape index (κ3) is 4.57. The lowest BCUT2D eigenvalue weighted by molar-refractivity contribution is -0.155. The van der Waals surface area contributed by atoms with Crippen LogP contribution in [-0.2, 0) is 11.2 Å². The van der Waals surface area contributed by atoms with E-state index in [0.29, 0.717) is 24.8 Å². The molecular weight excluding hydrogens is 354 g/mol. The third-order valence-corrected chi connectivity index (χ3v) is 5.52. The minimum Gasteiger partial charge on any atom is -0.380 e. The molecule has 1 aliphatic carbocycles. The summed E-state index contributed by atoms with van der Waals surface area (Å²) in [5.41, 5.74) is -0.0487. The average Bonchev–Trinajstić information content (AvgIpc) is 2.46. The van der Waals surface area contributed by atoms with Crippen molar-refractivity contribution in [2.45, 2.75) is 52.1 Å². The van der Waals surface area contributed by atoms with E-state index in [4.69, 9.17) is 0 Å². The van der Waals surface area contributed by atoms with Crippen molar-refractivity contribution in [2.75, 3.05) is 6.54 Å². The molecular formula is C19H28BrNO2. The Morgan fingerprint density at radius 1 is 1.43 bits per heavy atom. The highest BCUT2D eigenvalue weighted by Gasteiger charge is 2.48. The molecule has 0 spiro atoms. The molecule has 3 atom stereocenters. The predicted octanol–water partition coefficient (Wildman–Crippen LogP) is 3.93. The van der Waals surface area contributed by atoms with Crippen LogP contribution in [0.15, 0.2) is 28.7 Å². The van der Waals surface area contributed by atoms with Crippen molar-refractivity contribution in [3.05, 3.63) is 34.3 Å². The number of nitrogens with one attached hydrogen (secondary N) is 1. The van der Waals surface area contributed by atoms with Crippen molar-refractivity contribution in [1.29, 1.82) is 0 Å². The summed E-state index contributed by atoms with van der Waals surface area (Å²) in [5.74, 6) is 0.552. The van der Waals surface area contributed by atoms with E-state index in [1.54, 1.807) is 0 Å². The van der Waals surface area contributed by atoms with Gasteiger partial charge in [-0.25, -0.2) is 0 Å². The number of hydrogen-bond acceptors (Lipinski definition) is 2. The van der Waals surface area contributed by atoms with Gasteiger partial charge in [-0.2, -0.15) is 0 Å². The zero-order valence-corrected chi connectivity index (χ0v) is 15.9. The summed E-state index contributed by atoms with van der Waals surface area (Å²) in [4.78, 5) is 12.7. The van der Waals surface area contributed by atoms with Gasteiger partial charge in [0.05, 0.1) is 0 Å². The number of benzene rings is 1. The smallest absolute Gasteiger partial charge is 0.252 e. The summed E-state index contributed by atoms with van der Waals surface area (Å²) in [6, 6.07) is 8.08. The van der Waals surface area contributed by atoms with Gasteiger partial charge in [-0.1, -0.05) is 55.3 Å². The summed E-state index contributed by atoms with van der Waals surface area (Å²) in [7, 11) is 0. The zero-order chi connectivity index (χ0) is 17.0. The van der Waals surface area contributed by atoms with E-state index in [9.17, 15) is 9.90 Å². The molecule has 1 aromatic rings. The maximum absolute atomic E-state index is 12.7. The first-order chi connectivity index (χ1) is 10.8. The summed E-state index contributed by atoms with van der Waals surface area (Å²) in [5, 5.41) is 14.0. The minimum absolute atomic E-state index is 0.0459. The number of rotatable bonds is 5. The maximum Gasteiger partial charge on any atom is 0.252 e. The van der Waals surface area contributed by atoms with Crippen LogP contribution in [-0.4, -0.2) is 23.2 Å². The molecule has 3 nitrogen and oxygen atoms in total. The Kier molecular flexibility index (Phi) is 6.26. The summed E-state index contributed by atoms with van der Waals surface area (Å²) < 4.78 is 1.04. The Labute approximate surface area is 148 Å². The van der Waals surface area contributed by atoms with Gasteiger partial charge in [-0.05, 0) is 54.7 Å². The van der Waals surface area contributed by atoms with Crippen molar-refractivity contribution in [2.24, 2.45) is 17.8 Å². The van der Waals surface area contributed by atoms with Crippen LogP contribution in [0.5, 0.6) is 0 Å². The van der Waals surface area contributed by atoms with Gasteiger partial charge < -0.3 is 10.4 Å². The molecule has 2 N–H and O–H groups in total. The fraction of sp³-hybridized carbons (Fsp3) is 0.632. The largest absolute Gasteiger partial charge is 0.380 e. The molecule has 3 unspecified atom stereocenters. The first kappa shape index (κ1) is 18.5. The Bertz CT molecular complexity index is 546. The summed E-state index contributed by atoms with van der Waals surface area (Å²) >= 11 is 3.46. The van der Waals surface area contributed by atoms with Crippen LogP contribution in [0, 0.1) is 17.8 Å². The minimum atomic E-state index is -1.22. The molecule has 0 radical (unpaired) electrons. The van der Waals surface area contributed by atoms with Gasteiger partial charge in [-0.15, -0.1) is 0 Å². The van der Waals surface area contributed by atoms with Gasteiger partial charge >= 0.3 is 0 Å². The van der Waals surface area contributed by atoms with E-state index in [1.165, 1.54) is 5.56 Å².